The Morgan fingerprint density at radius 1 is 0.958 bits per heavy atom. The quantitative estimate of drug-likeness (QED) is 0.196. The summed E-state index contributed by atoms with van der Waals surface area (Å²) in [7, 11) is -0.647. The Morgan fingerprint density at radius 3 is 2.04 bits per heavy atom. The molecule has 2 aromatic rings. The summed E-state index contributed by atoms with van der Waals surface area (Å²) >= 11 is 0. The van der Waals surface area contributed by atoms with Crippen molar-refractivity contribution in [1.82, 2.24) is 20.3 Å². The maximum absolute atomic E-state index is 14.1. The molecular weight excluding hydrogens is 632 g/mol. The Labute approximate surface area is 286 Å². The van der Waals surface area contributed by atoms with Gasteiger partial charge in [0, 0.05) is 18.0 Å². The first-order valence-corrected chi connectivity index (χ1v) is 17.8. The van der Waals surface area contributed by atoms with Crippen molar-refractivity contribution in [2.75, 3.05) is 27.3 Å². The van der Waals surface area contributed by atoms with Crippen LogP contribution in [0.2, 0.25) is 0 Å². The van der Waals surface area contributed by atoms with Crippen LogP contribution in [0.25, 0.3) is 0 Å². The van der Waals surface area contributed by atoms with Crippen LogP contribution in [0, 0.1) is 11.3 Å². The van der Waals surface area contributed by atoms with E-state index < -0.39 is 44.9 Å². The Kier molecular flexibility index (Phi) is 14.4. The zero-order valence-electron chi connectivity index (χ0n) is 30.0. The third-order valence-electron chi connectivity index (χ3n) is 8.33. The van der Waals surface area contributed by atoms with E-state index in [1.165, 1.54) is 11.8 Å². The van der Waals surface area contributed by atoms with Crippen LogP contribution in [-0.2, 0) is 35.6 Å². The zero-order chi connectivity index (χ0) is 36.4. The first-order chi connectivity index (χ1) is 22.2. The first-order valence-electron chi connectivity index (χ1n) is 16.1. The molecule has 0 bridgehead atoms. The number of carbonyl (C=O) groups excluding carboxylic acids is 3. The summed E-state index contributed by atoms with van der Waals surface area (Å²) in [6, 6.07) is 13.7. The van der Waals surface area contributed by atoms with Gasteiger partial charge in [0.15, 0.2) is 0 Å². The second-order valence-corrected chi connectivity index (χ2v) is 15.8. The summed E-state index contributed by atoms with van der Waals surface area (Å²) < 4.78 is 33.0. The number of rotatable bonds is 16. The van der Waals surface area contributed by atoms with Crippen LogP contribution in [0.5, 0.6) is 5.75 Å². The highest BCUT2D eigenvalue weighted by molar-refractivity contribution is 7.89. The van der Waals surface area contributed by atoms with Crippen LogP contribution in [0.1, 0.15) is 66.5 Å². The SMILES string of the molecule is CNC(C(=O)NC(C(=O)N(C)C(/C=C(\C)C(=O)NS(=O)(=O)Cc1ccccc1)C(C)C)C(C)(C)C)C(C)(C)c1ccc(OCCO)cc1. The fourth-order valence-electron chi connectivity index (χ4n) is 5.49. The number of aliphatic hydroxyl groups is 1. The zero-order valence-corrected chi connectivity index (χ0v) is 30.8. The third-order valence-corrected chi connectivity index (χ3v) is 9.54. The van der Waals surface area contributed by atoms with Crippen molar-refractivity contribution in [2.24, 2.45) is 11.3 Å². The highest BCUT2D eigenvalue weighted by Gasteiger charge is 2.41. The van der Waals surface area contributed by atoms with E-state index in [1.54, 1.807) is 62.6 Å². The molecule has 48 heavy (non-hydrogen) atoms. The lowest BCUT2D eigenvalue weighted by molar-refractivity contribution is -0.140. The van der Waals surface area contributed by atoms with Crippen molar-refractivity contribution in [3.05, 3.63) is 77.4 Å². The van der Waals surface area contributed by atoms with E-state index in [0.717, 1.165) is 5.56 Å². The van der Waals surface area contributed by atoms with E-state index in [0.29, 0.717) is 11.3 Å². The van der Waals surface area contributed by atoms with Crippen LogP contribution in [-0.4, -0.2) is 81.6 Å². The number of carbonyl (C=O) groups is 3. The van der Waals surface area contributed by atoms with Crippen LogP contribution >= 0.6 is 0 Å². The van der Waals surface area contributed by atoms with E-state index in [1.807, 2.05) is 60.6 Å². The number of benzene rings is 2. The molecule has 0 heterocycles. The molecule has 3 atom stereocenters. The van der Waals surface area contributed by atoms with Crippen molar-refractivity contribution in [3.8, 4) is 5.75 Å². The number of nitrogens with zero attached hydrogens (tertiary/aromatic N) is 1. The maximum atomic E-state index is 14.1. The van der Waals surface area contributed by atoms with Gasteiger partial charge in [0.2, 0.25) is 21.8 Å². The highest BCUT2D eigenvalue weighted by Crippen LogP contribution is 2.30. The lowest BCUT2D eigenvalue weighted by Crippen LogP contribution is -2.61. The van der Waals surface area contributed by atoms with Gasteiger partial charge in [-0.1, -0.05) is 97.0 Å². The molecule has 4 N–H and O–H groups in total. The minimum absolute atomic E-state index is 0.0965. The summed E-state index contributed by atoms with van der Waals surface area (Å²) in [5.74, 6) is -1.38. The molecular formula is C36H54N4O7S. The molecule has 11 nitrogen and oxygen atoms in total. The van der Waals surface area contributed by atoms with Crippen LogP contribution in [0.15, 0.2) is 66.2 Å². The lowest BCUT2D eigenvalue weighted by Gasteiger charge is -2.40. The number of aliphatic hydroxyl groups excluding tert-OH is 1. The third kappa shape index (κ3) is 11.2. The second-order valence-electron chi connectivity index (χ2n) is 14.1. The molecule has 0 saturated heterocycles. The number of hydrogen-bond acceptors (Lipinski definition) is 8. The molecule has 0 aliphatic carbocycles. The van der Waals surface area contributed by atoms with Crippen LogP contribution in [0.3, 0.4) is 0 Å². The number of likely N-dealkylation sites (N-methyl/N-ethyl adjacent to an activating group) is 2. The topological polar surface area (TPSA) is 154 Å². The van der Waals surface area contributed by atoms with Gasteiger partial charge in [-0.25, -0.2) is 13.1 Å². The molecule has 3 amide bonds. The van der Waals surface area contributed by atoms with Crippen molar-refractivity contribution < 1.29 is 32.6 Å². The van der Waals surface area contributed by atoms with E-state index in [4.69, 9.17) is 9.84 Å². The van der Waals surface area contributed by atoms with Gasteiger partial charge in [-0.2, -0.15) is 0 Å². The number of ether oxygens (including phenoxy) is 1. The van der Waals surface area contributed by atoms with Gasteiger partial charge in [-0.15, -0.1) is 0 Å². The number of sulfonamides is 1. The van der Waals surface area contributed by atoms with Gasteiger partial charge >= 0.3 is 0 Å². The number of amides is 3. The molecule has 12 heteroatoms. The largest absolute Gasteiger partial charge is 0.491 e. The van der Waals surface area contributed by atoms with Crippen molar-refractivity contribution >= 4 is 27.7 Å². The molecule has 3 unspecified atom stereocenters. The first kappa shape index (κ1) is 40.4. The molecule has 0 spiro atoms. The monoisotopic (exact) mass is 686 g/mol. The molecule has 0 aromatic heterocycles. The van der Waals surface area contributed by atoms with Crippen LogP contribution in [0.4, 0.5) is 0 Å². The number of nitrogens with one attached hydrogen (secondary N) is 3. The summed E-state index contributed by atoms with van der Waals surface area (Å²) in [5, 5.41) is 15.2. The van der Waals surface area contributed by atoms with Crippen molar-refractivity contribution in [2.45, 2.75) is 84.7 Å². The summed E-state index contributed by atoms with van der Waals surface area (Å²) in [6.45, 7) is 14.9. The Bertz CT molecular complexity index is 1520. The summed E-state index contributed by atoms with van der Waals surface area (Å²) in [6.07, 6.45) is 1.59. The minimum Gasteiger partial charge on any atom is -0.491 e. The summed E-state index contributed by atoms with van der Waals surface area (Å²) in [4.78, 5) is 42.5. The second kappa shape index (κ2) is 17.1. The normalized spacial score (nSPS) is 14.5. The predicted octanol–water partition coefficient (Wildman–Crippen LogP) is 3.53. The van der Waals surface area contributed by atoms with Crippen LogP contribution < -0.4 is 20.1 Å². The van der Waals surface area contributed by atoms with Crippen molar-refractivity contribution in [3.63, 3.8) is 0 Å². The minimum atomic E-state index is -3.96. The predicted molar refractivity (Wildman–Crippen MR) is 189 cm³/mol. The molecule has 2 aromatic carbocycles. The van der Waals surface area contributed by atoms with Gasteiger partial charge in [0.25, 0.3) is 5.91 Å². The van der Waals surface area contributed by atoms with Gasteiger partial charge in [0.1, 0.15) is 18.4 Å². The fourth-order valence-corrected chi connectivity index (χ4v) is 6.64. The highest BCUT2D eigenvalue weighted by atomic mass is 32.2. The summed E-state index contributed by atoms with van der Waals surface area (Å²) in [5.41, 5.74) is 0.184. The van der Waals surface area contributed by atoms with Gasteiger partial charge in [0.05, 0.1) is 24.4 Å². The maximum Gasteiger partial charge on any atom is 0.260 e. The Morgan fingerprint density at radius 2 is 1.54 bits per heavy atom. The van der Waals surface area contributed by atoms with Gasteiger partial charge in [-0.05, 0) is 48.6 Å². The molecule has 0 fully saturated rings. The lowest BCUT2D eigenvalue weighted by atomic mass is 9.76. The van der Waals surface area contributed by atoms with E-state index >= 15 is 0 Å². The molecule has 0 aliphatic rings. The van der Waals surface area contributed by atoms with E-state index in [2.05, 4.69) is 15.4 Å². The smallest absolute Gasteiger partial charge is 0.260 e. The standard InChI is InChI=1S/C36H54N4O7S/c1-24(2)29(22-25(3)32(42)39-48(45,46)23-26-14-12-11-13-15-26)40(10)34(44)31(35(4,5)6)38-33(43)30(37-9)36(7,8)27-16-18-28(19-17-27)47-21-20-41/h11-19,22,24,29-31,37,41H,20-21,23H2,1-10H3,(H,38,43)(H,39,42)/b25-22+. The van der Waals surface area contributed by atoms with Crippen molar-refractivity contribution in [1.29, 1.82) is 0 Å². The Hall–Kier alpha value is -3.74. The molecule has 2 rings (SSSR count). The molecule has 0 radical (unpaired) electrons. The number of hydrogen-bond donors (Lipinski definition) is 4. The van der Waals surface area contributed by atoms with E-state index in [-0.39, 0.29) is 42.3 Å². The Balaban J connectivity index is 2.29. The molecule has 0 aliphatic heterocycles. The van der Waals surface area contributed by atoms with Gasteiger partial charge in [-0.3, -0.25) is 14.4 Å². The fraction of sp³-hybridized carbons (Fsp3) is 0.528. The average Bonchev–Trinajstić information content (AvgIpc) is 3.00. The molecule has 266 valence electrons. The van der Waals surface area contributed by atoms with E-state index in [9.17, 15) is 22.8 Å². The van der Waals surface area contributed by atoms with Gasteiger partial charge < -0.3 is 25.4 Å². The molecule has 0 saturated carbocycles. The average molecular weight is 687 g/mol.